The Morgan fingerprint density at radius 2 is 1.89 bits per heavy atom. The van der Waals surface area contributed by atoms with Crippen LogP contribution in [0.1, 0.15) is 43.6 Å². The number of aromatic nitrogens is 1. The fourth-order valence-corrected chi connectivity index (χ4v) is 2.33. The third kappa shape index (κ3) is 1.78. The van der Waals surface area contributed by atoms with E-state index in [1.807, 2.05) is 27.7 Å². The number of carbonyl (C=O) groups is 1. The quantitative estimate of drug-likeness (QED) is 0.752. The lowest BCUT2D eigenvalue weighted by atomic mass is 9.80. The number of amides is 1. The number of pyridine rings is 1. The van der Waals surface area contributed by atoms with Crippen molar-refractivity contribution in [3.8, 4) is 0 Å². The van der Waals surface area contributed by atoms with Gasteiger partial charge in [-0.1, -0.05) is 0 Å². The molecule has 3 rings (SSSR count). The summed E-state index contributed by atoms with van der Waals surface area (Å²) in [4.78, 5) is 16.0. The van der Waals surface area contributed by atoms with Gasteiger partial charge in [-0.2, -0.15) is 0 Å². The predicted molar refractivity (Wildman–Crippen MR) is 71.1 cm³/mol. The van der Waals surface area contributed by atoms with Gasteiger partial charge in [0, 0.05) is 23.9 Å². The molecule has 1 aromatic heterocycles. The number of fused-ring (bicyclic) bond motifs is 1. The molecular weight excluding hydrogens is 243 g/mol. The van der Waals surface area contributed by atoms with Gasteiger partial charge in [-0.05, 0) is 33.8 Å². The van der Waals surface area contributed by atoms with Crippen LogP contribution in [0.5, 0.6) is 0 Å². The summed E-state index contributed by atoms with van der Waals surface area (Å²) >= 11 is 0. The smallest absolute Gasteiger partial charge is 0.398 e. The Kier molecular flexibility index (Phi) is 2.53. The molecule has 0 radical (unpaired) electrons. The molecule has 2 aliphatic rings. The minimum Gasteiger partial charge on any atom is -0.398 e. The van der Waals surface area contributed by atoms with E-state index in [0.717, 1.165) is 5.56 Å². The van der Waals surface area contributed by atoms with Crippen molar-refractivity contribution in [1.29, 1.82) is 0 Å². The van der Waals surface area contributed by atoms with Crippen LogP contribution < -0.4 is 10.9 Å². The van der Waals surface area contributed by atoms with Crippen molar-refractivity contribution in [2.45, 2.75) is 45.4 Å². The minimum absolute atomic E-state index is 0.0600. The number of carbonyl (C=O) groups excluding carboxylic acids is 1. The predicted octanol–water partition coefficient (Wildman–Crippen LogP) is 0.624. The van der Waals surface area contributed by atoms with Crippen LogP contribution in [-0.4, -0.2) is 29.2 Å². The lowest BCUT2D eigenvalue weighted by molar-refractivity contribution is 0.00578. The normalized spacial score (nSPS) is 23.4. The summed E-state index contributed by atoms with van der Waals surface area (Å²) in [5.41, 5.74) is 1.44. The molecule has 5 nitrogen and oxygen atoms in total. The van der Waals surface area contributed by atoms with Crippen LogP contribution in [0, 0.1) is 0 Å². The van der Waals surface area contributed by atoms with E-state index in [1.54, 1.807) is 12.3 Å². The zero-order valence-electron chi connectivity index (χ0n) is 11.6. The highest BCUT2D eigenvalue weighted by molar-refractivity contribution is 6.61. The Morgan fingerprint density at radius 1 is 1.26 bits per heavy atom. The second-order valence-corrected chi connectivity index (χ2v) is 5.99. The van der Waals surface area contributed by atoms with Crippen LogP contribution in [0.2, 0.25) is 0 Å². The van der Waals surface area contributed by atoms with E-state index >= 15 is 0 Å². The average molecular weight is 260 g/mol. The fraction of sp³-hybridized carbons (Fsp3) is 0.538. The number of nitrogens with one attached hydrogen (secondary N) is 1. The Hall–Kier alpha value is -1.40. The van der Waals surface area contributed by atoms with Crippen molar-refractivity contribution in [1.82, 2.24) is 10.3 Å². The van der Waals surface area contributed by atoms with Gasteiger partial charge in [0.2, 0.25) is 0 Å². The first-order chi connectivity index (χ1) is 8.82. The Balaban J connectivity index is 2.00. The summed E-state index contributed by atoms with van der Waals surface area (Å²) in [5, 5.41) is 2.80. The molecule has 0 saturated carbocycles. The maximum absolute atomic E-state index is 11.7. The molecule has 0 aliphatic carbocycles. The monoisotopic (exact) mass is 260 g/mol. The molecule has 2 aliphatic heterocycles. The van der Waals surface area contributed by atoms with Crippen LogP contribution >= 0.6 is 0 Å². The van der Waals surface area contributed by atoms with Gasteiger partial charge in [0.25, 0.3) is 5.91 Å². The average Bonchev–Trinajstić information content (AvgIpc) is 2.78. The second kappa shape index (κ2) is 3.80. The third-order valence-electron chi connectivity index (χ3n) is 4.24. The van der Waals surface area contributed by atoms with Gasteiger partial charge in [-0.25, -0.2) is 0 Å². The lowest BCUT2D eigenvalue weighted by Gasteiger charge is -2.32. The maximum Gasteiger partial charge on any atom is 0.514 e. The summed E-state index contributed by atoms with van der Waals surface area (Å²) in [7, 11) is -0.521. The molecule has 100 valence electrons. The fourth-order valence-electron chi connectivity index (χ4n) is 2.33. The van der Waals surface area contributed by atoms with Gasteiger partial charge in [0.15, 0.2) is 0 Å². The van der Waals surface area contributed by atoms with E-state index in [0.29, 0.717) is 17.7 Å². The van der Waals surface area contributed by atoms with Gasteiger partial charge in [0.05, 0.1) is 16.8 Å². The van der Waals surface area contributed by atoms with Crippen molar-refractivity contribution in [3.63, 3.8) is 0 Å². The van der Waals surface area contributed by atoms with Gasteiger partial charge >= 0.3 is 7.12 Å². The van der Waals surface area contributed by atoms with Crippen molar-refractivity contribution < 1.29 is 14.1 Å². The highest BCUT2D eigenvalue weighted by Gasteiger charge is 2.53. The molecule has 0 atom stereocenters. The number of nitrogens with zero attached hydrogens (tertiary/aromatic N) is 1. The first-order valence-electron chi connectivity index (χ1n) is 6.43. The van der Waals surface area contributed by atoms with Crippen LogP contribution in [-0.2, 0) is 15.9 Å². The van der Waals surface area contributed by atoms with Gasteiger partial charge < -0.3 is 14.6 Å². The number of hydrogen-bond donors (Lipinski definition) is 1. The Labute approximate surface area is 112 Å². The molecule has 0 unspecified atom stereocenters. The second-order valence-electron chi connectivity index (χ2n) is 5.99. The molecule has 0 aromatic carbocycles. The van der Waals surface area contributed by atoms with Crippen LogP contribution in [0.25, 0.3) is 0 Å². The summed E-state index contributed by atoms with van der Waals surface area (Å²) in [5.74, 6) is -0.0600. The maximum atomic E-state index is 11.7. The van der Waals surface area contributed by atoms with Crippen molar-refractivity contribution >= 4 is 18.6 Å². The van der Waals surface area contributed by atoms with Gasteiger partial charge in [-0.15, -0.1) is 0 Å². The van der Waals surface area contributed by atoms with Crippen molar-refractivity contribution in [2.75, 3.05) is 0 Å². The summed E-state index contributed by atoms with van der Waals surface area (Å²) in [6.07, 6.45) is 1.63. The van der Waals surface area contributed by atoms with Crippen LogP contribution in [0.4, 0.5) is 0 Å². The summed E-state index contributed by atoms with van der Waals surface area (Å²) < 4.78 is 12.0. The van der Waals surface area contributed by atoms with Crippen molar-refractivity contribution in [3.05, 3.63) is 23.4 Å². The summed E-state index contributed by atoms with van der Waals surface area (Å²) in [6, 6.07) is 1.73. The highest BCUT2D eigenvalue weighted by Crippen LogP contribution is 2.36. The van der Waals surface area contributed by atoms with E-state index in [4.69, 9.17) is 9.31 Å². The SMILES string of the molecule is CC1(C)OB(c2nccc3c2CNC3=O)OC1(C)C. The molecule has 1 amide bonds. The zero-order valence-corrected chi connectivity index (χ0v) is 11.6. The van der Waals surface area contributed by atoms with E-state index in [1.165, 1.54) is 0 Å². The highest BCUT2D eigenvalue weighted by atomic mass is 16.7. The Bertz CT molecular complexity index is 541. The number of hydrogen-bond acceptors (Lipinski definition) is 4. The van der Waals surface area contributed by atoms with E-state index in [-0.39, 0.29) is 5.91 Å². The van der Waals surface area contributed by atoms with Gasteiger partial charge in [-0.3, -0.25) is 9.78 Å². The zero-order chi connectivity index (χ0) is 13.8. The van der Waals surface area contributed by atoms with Crippen molar-refractivity contribution in [2.24, 2.45) is 0 Å². The summed E-state index contributed by atoms with van der Waals surface area (Å²) in [6.45, 7) is 8.49. The van der Waals surface area contributed by atoms with E-state index in [2.05, 4.69) is 10.3 Å². The molecule has 6 heteroatoms. The van der Waals surface area contributed by atoms with E-state index in [9.17, 15) is 4.79 Å². The van der Waals surface area contributed by atoms with E-state index < -0.39 is 18.3 Å². The Morgan fingerprint density at radius 3 is 2.53 bits per heavy atom. The van der Waals surface area contributed by atoms with Gasteiger partial charge in [0.1, 0.15) is 0 Å². The largest absolute Gasteiger partial charge is 0.514 e. The molecular formula is C13H17BN2O3. The lowest BCUT2D eigenvalue weighted by Crippen LogP contribution is -2.41. The number of rotatable bonds is 1. The molecule has 1 saturated heterocycles. The molecule has 0 bridgehead atoms. The molecule has 1 fully saturated rings. The molecule has 1 aromatic rings. The topological polar surface area (TPSA) is 60.5 Å². The third-order valence-corrected chi connectivity index (χ3v) is 4.24. The molecule has 0 spiro atoms. The first-order valence-corrected chi connectivity index (χ1v) is 6.43. The minimum atomic E-state index is -0.521. The standard InChI is InChI=1S/C13H17BN2O3/c1-12(2)13(3,4)19-14(18-12)10-9-7-16-11(17)8(9)5-6-15-10/h5-6H,7H2,1-4H3,(H,16,17). The molecule has 1 N–H and O–H groups in total. The van der Waals surface area contributed by atoms with Crippen LogP contribution in [0.3, 0.4) is 0 Å². The van der Waals surface area contributed by atoms with Crippen LogP contribution in [0.15, 0.2) is 12.3 Å². The molecule has 3 heterocycles. The molecule has 19 heavy (non-hydrogen) atoms. The first kappa shape index (κ1) is 12.6.